The molecular formula is C24H30N2O5. The van der Waals surface area contributed by atoms with Gasteiger partial charge in [0.2, 0.25) is 5.91 Å². The summed E-state index contributed by atoms with van der Waals surface area (Å²) in [4.78, 5) is 36.9. The van der Waals surface area contributed by atoms with E-state index in [9.17, 15) is 19.5 Å². The maximum absolute atomic E-state index is 12.9. The van der Waals surface area contributed by atoms with Gasteiger partial charge in [-0.2, -0.15) is 0 Å². The van der Waals surface area contributed by atoms with Gasteiger partial charge in [0.1, 0.15) is 17.7 Å². The summed E-state index contributed by atoms with van der Waals surface area (Å²) < 4.78 is 5.27. The standard InChI is InChI=1S/C24H30N2O5/c1-24(2,3)31-23(30)26-20(16-18-12-8-5-9-13-18)21(27)25-19(22(28)29)15-14-17-10-6-4-7-11-17/h4-13,19-20H,14-16H2,1-3H3,(H,25,27)(H,26,30)(H,28,29)/t19-,20-/m1/s1. The number of carboxylic acids is 1. The summed E-state index contributed by atoms with van der Waals surface area (Å²) in [6, 6.07) is 16.6. The van der Waals surface area contributed by atoms with E-state index in [4.69, 9.17) is 4.74 Å². The van der Waals surface area contributed by atoms with Gasteiger partial charge in [-0.3, -0.25) is 4.79 Å². The molecule has 2 amide bonds. The third-order valence-electron chi connectivity index (χ3n) is 4.47. The van der Waals surface area contributed by atoms with Crippen molar-refractivity contribution in [2.45, 2.75) is 57.7 Å². The third-order valence-corrected chi connectivity index (χ3v) is 4.47. The highest BCUT2D eigenvalue weighted by Crippen LogP contribution is 2.10. The highest BCUT2D eigenvalue weighted by atomic mass is 16.6. The zero-order valence-electron chi connectivity index (χ0n) is 18.1. The Kier molecular flexibility index (Phi) is 8.61. The molecule has 0 fully saturated rings. The van der Waals surface area contributed by atoms with Crippen molar-refractivity contribution in [2.24, 2.45) is 0 Å². The van der Waals surface area contributed by atoms with Crippen LogP contribution in [0.25, 0.3) is 0 Å². The van der Waals surface area contributed by atoms with Gasteiger partial charge in [0, 0.05) is 6.42 Å². The number of carboxylic acid groups (broad SMARTS) is 1. The topological polar surface area (TPSA) is 105 Å². The van der Waals surface area contributed by atoms with Gasteiger partial charge in [-0.15, -0.1) is 0 Å². The molecule has 2 atom stereocenters. The monoisotopic (exact) mass is 426 g/mol. The Morgan fingerprint density at radius 3 is 1.94 bits per heavy atom. The molecule has 0 spiro atoms. The average Bonchev–Trinajstić information content (AvgIpc) is 2.70. The predicted molar refractivity (Wildman–Crippen MR) is 118 cm³/mol. The van der Waals surface area contributed by atoms with Gasteiger partial charge in [0.15, 0.2) is 0 Å². The molecule has 0 aromatic heterocycles. The van der Waals surface area contributed by atoms with E-state index in [2.05, 4.69) is 10.6 Å². The zero-order valence-corrected chi connectivity index (χ0v) is 18.1. The lowest BCUT2D eigenvalue weighted by molar-refractivity contribution is -0.142. The number of hydrogen-bond donors (Lipinski definition) is 3. The van der Waals surface area contributed by atoms with Crippen molar-refractivity contribution in [1.82, 2.24) is 10.6 Å². The molecule has 0 saturated heterocycles. The number of carbonyl (C=O) groups excluding carboxylic acids is 2. The second-order valence-electron chi connectivity index (χ2n) is 8.31. The van der Waals surface area contributed by atoms with Crippen LogP contribution in [0.3, 0.4) is 0 Å². The summed E-state index contributed by atoms with van der Waals surface area (Å²) in [6.07, 6.45) is 0.202. The summed E-state index contributed by atoms with van der Waals surface area (Å²) in [7, 11) is 0. The van der Waals surface area contributed by atoms with Gasteiger partial charge >= 0.3 is 12.1 Å². The van der Waals surface area contributed by atoms with Crippen LogP contribution in [-0.4, -0.2) is 40.8 Å². The van der Waals surface area contributed by atoms with Crippen LogP contribution in [0.15, 0.2) is 60.7 Å². The fourth-order valence-corrected chi connectivity index (χ4v) is 2.99. The Balaban J connectivity index is 2.09. The van der Waals surface area contributed by atoms with Crippen molar-refractivity contribution in [1.29, 1.82) is 0 Å². The van der Waals surface area contributed by atoms with E-state index in [-0.39, 0.29) is 12.8 Å². The summed E-state index contributed by atoms with van der Waals surface area (Å²) in [5, 5.41) is 14.7. The van der Waals surface area contributed by atoms with Gasteiger partial charge in [0.25, 0.3) is 0 Å². The van der Waals surface area contributed by atoms with Crippen molar-refractivity contribution in [3.63, 3.8) is 0 Å². The molecular weight excluding hydrogens is 396 g/mol. The third kappa shape index (κ3) is 8.90. The molecule has 166 valence electrons. The predicted octanol–water partition coefficient (Wildman–Crippen LogP) is 3.32. The van der Waals surface area contributed by atoms with Gasteiger partial charge in [-0.05, 0) is 44.7 Å². The largest absolute Gasteiger partial charge is 0.480 e. The number of nitrogens with one attached hydrogen (secondary N) is 2. The number of rotatable bonds is 9. The second kappa shape index (κ2) is 11.2. The van der Waals surface area contributed by atoms with Crippen molar-refractivity contribution in [3.8, 4) is 0 Å². The minimum absolute atomic E-state index is 0.205. The van der Waals surface area contributed by atoms with Crippen LogP contribution in [0.2, 0.25) is 0 Å². The van der Waals surface area contributed by atoms with Crippen LogP contribution in [0.5, 0.6) is 0 Å². The van der Waals surface area contributed by atoms with E-state index in [1.54, 1.807) is 20.8 Å². The number of amides is 2. The maximum atomic E-state index is 12.9. The van der Waals surface area contributed by atoms with E-state index in [0.717, 1.165) is 11.1 Å². The van der Waals surface area contributed by atoms with Gasteiger partial charge < -0.3 is 20.5 Å². The number of benzene rings is 2. The first-order valence-electron chi connectivity index (χ1n) is 10.2. The number of hydrogen-bond acceptors (Lipinski definition) is 4. The van der Waals surface area contributed by atoms with E-state index >= 15 is 0 Å². The smallest absolute Gasteiger partial charge is 0.408 e. The Hall–Kier alpha value is -3.35. The number of aryl methyl sites for hydroxylation is 1. The SMILES string of the molecule is CC(C)(C)OC(=O)N[C@H](Cc1ccccc1)C(=O)N[C@H](CCc1ccccc1)C(=O)O. The first-order valence-corrected chi connectivity index (χ1v) is 10.2. The van der Waals surface area contributed by atoms with Crippen molar-refractivity contribution < 1.29 is 24.2 Å². The van der Waals surface area contributed by atoms with Gasteiger partial charge in [-0.1, -0.05) is 60.7 Å². The lowest BCUT2D eigenvalue weighted by Gasteiger charge is -2.24. The normalized spacial score (nSPS) is 13.0. The molecule has 0 bridgehead atoms. The molecule has 0 aliphatic carbocycles. The Morgan fingerprint density at radius 2 is 1.42 bits per heavy atom. The highest BCUT2D eigenvalue weighted by molar-refractivity contribution is 5.89. The van der Waals surface area contributed by atoms with E-state index in [1.165, 1.54) is 0 Å². The summed E-state index contributed by atoms with van der Waals surface area (Å²) in [5.41, 5.74) is 1.09. The highest BCUT2D eigenvalue weighted by Gasteiger charge is 2.28. The first kappa shape index (κ1) is 23.9. The number of alkyl carbamates (subject to hydrolysis) is 1. The second-order valence-corrected chi connectivity index (χ2v) is 8.31. The number of aliphatic carboxylic acids is 1. The van der Waals surface area contributed by atoms with Crippen LogP contribution in [0, 0.1) is 0 Å². The fraction of sp³-hybridized carbons (Fsp3) is 0.375. The summed E-state index contributed by atoms with van der Waals surface area (Å²) >= 11 is 0. The Bertz CT molecular complexity index is 863. The number of ether oxygens (including phenoxy) is 1. The molecule has 2 aromatic carbocycles. The average molecular weight is 427 g/mol. The quantitative estimate of drug-likeness (QED) is 0.571. The van der Waals surface area contributed by atoms with Crippen molar-refractivity contribution in [3.05, 3.63) is 71.8 Å². The molecule has 31 heavy (non-hydrogen) atoms. The fourth-order valence-electron chi connectivity index (χ4n) is 2.99. The molecule has 0 saturated carbocycles. The van der Waals surface area contributed by atoms with Crippen LogP contribution >= 0.6 is 0 Å². The molecule has 0 unspecified atom stereocenters. The van der Waals surface area contributed by atoms with Crippen LogP contribution in [-0.2, 0) is 27.2 Å². The molecule has 3 N–H and O–H groups in total. The van der Waals surface area contributed by atoms with Gasteiger partial charge in [-0.25, -0.2) is 9.59 Å². The molecule has 2 aromatic rings. The maximum Gasteiger partial charge on any atom is 0.408 e. The van der Waals surface area contributed by atoms with Crippen molar-refractivity contribution in [2.75, 3.05) is 0 Å². The lowest BCUT2D eigenvalue weighted by atomic mass is 10.0. The van der Waals surface area contributed by atoms with Crippen molar-refractivity contribution >= 4 is 18.0 Å². The van der Waals surface area contributed by atoms with E-state index < -0.39 is 35.7 Å². The molecule has 2 rings (SSSR count). The minimum atomic E-state index is -1.12. The van der Waals surface area contributed by atoms with E-state index in [0.29, 0.717) is 6.42 Å². The summed E-state index contributed by atoms with van der Waals surface area (Å²) in [6.45, 7) is 5.18. The van der Waals surface area contributed by atoms with Gasteiger partial charge in [0.05, 0.1) is 0 Å². The lowest BCUT2D eigenvalue weighted by Crippen LogP contribution is -2.53. The zero-order chi connectivity index (χ0) is 22.9. The minimum Gasteiger partial charge on any atom is -0.480 e. The number of carbonyl (C=O) groups is 3. The first-order chi connectivity index (χ1) is 14.6. The molecule has 0 radical (unpaired) electrons. The molecule has 7 nitrogen and oxygen atoms in total. The van der Waals surface area contributed by atoms with E-state index in [1.807, 2.05) is 60.7 Å². The molecule has 0 aliphatic rings. The molecule has 0 aliphatic heterocycles. The van der Waals surface area contributed by atoms with Crippen LogP contribution in [0.1, 0.15) is 38.3 Å². The molecule has 0 heterocycles. The Labute approximate surface area is 182 Å². The summed E-state index contributed by atoms with van der Waals surface area (Å²) in [5.74, 6) is -1.70. The van der Waals surface area contributed by atoms with Crippen LogP contribution in [0.4, 0.5) is 4.79 Å². The Morgan fingerprint density at radius 1 is 0.871 bits per heavy atom. The van der Waals surface area contributed by atoms with Crippen LogP contribution < -0.4 is 10.6 Å². The molecule has 7 heteroatoms.